The number of aryl methyl sites for hydroxylation is 1. The molecule has 0 unspecified atom stereocenters. The standard InChI is InChI=1S/C14H19NO2/c1-10-8-11(14(16)17)6-7-12(10)9-15(2)13-4-3-5-13/h6-8,13H,3-5,9H2,1-2H3,(H,16,17). The van der Waals surface area contributed by atoms with Crippen LogP contribution in [0.2, 0.25) is 0 Å². The summed E-state index contributed by atoms with van der Waals surface area (Å²) in [7, 11) is 2.15. The highest BCUT2D eigenvalue weighted by Gasteiger charge is 2.22. The zero-order valence-corrected chi connectivity index (χ0v) is 10.4. The van der Waals surface area contributed by atoms with Crippen molar-refractivity contribution in [1.82, 2.24) is 4.90 Å². The van der Waals surface area contributed by atoms with Gasteiger partial charge in [0.1, 0.15) is 0 Å². The molecule has 1 aromatic rings. The number of rotatable bonds is 4. The van der Waals surface area contributed by atoms with Crippen molar-refractivity contribution < 1.29 is 9.90 Å². The molecular formula is C14H19NO2. The number of hydrogen-bond acceptors (Lipinski definition) is 2. The van der Waals surface area contributed by atoms with Gasteiger partial charge in [0.25, 0.3) is 0 Å². The quantitative estimate of drug-likeness (QED) is 0.869. The van der Waals surface area contributed by atoms with Gasteiger partial charge in [0.15, 0.2) is 0 Å². The monoisotopic (exact) mass is 233 g/mol. The summed E-state index contributed by atoms with van der Waals surface area (Å²) in [6.07, 6.45) is 3.93. The van der Waals surface area contributed by atoms with Crippen LogP contribution in [0.4, 0.5) is 0 Å². The molecule has 0 saturated heterocycles. The molecule has 1 fully saturated rings. The van der Waals surface area contributed by atoms with E-state index in [1.807, 2.05) is 13.0 Å². The van der Waals surface area contributed by atoms with Gasteiger partial charge in [0, 0.05) is 12.6 Å². The Hall–Kier alpha value is -1.35. The summed E-state index contributed by atoms with van der Waals surface area (Å²) in [6, 6.07) is 6.10. The lowest BCUT2D eigenvalue weighted by Crippen LogP contribution is -2.36. The van der Waals surface area contributed by atoms with Crippen LogP contribution in [0, 0.1) is 6.92 Å². The van der Waals surface area contributed by atoms with Crippen LogP contribution in [0.1, 0.15) is 40.7 Å². The Bertz CT molecular complexity index is 424. The Balaban J connectivity index is 2.07. The van der Waals surface area contributed by atoms with Crippen molar-refractivity contribution in [2.45, 2.75) is 38.8 Å². The van der Waals surface area contributed by atoms with E-state index in [9.17, 15) is 4.79 Å². The second kappa shape index (κ2) is 4.88. The maximum absolute atomic E-state index is 10.8. The topological polar surface area (TPSA) is 40.5 Å². The number of carboxylic acid groups (broad SMARTS) is 1. The molecule has 0 aliphatic heterocycles. The van der Waals surface area contributed by atoms with Crippen molar-refractivity contribution in [3.63, 3.8) is 0 Å². The summed E-state index contributed by atoms with van der Waals surface area (Å²) in [5.74, 6) is -0.855. The third-order valence-electron chi connectivity index (χ3n) is 3.71. The highest BCUT2D eigenvalue weighted by atomic mass is 16.4. The molecule has 92 valence electrons. The zero-order valence-electron chi connectivity index (χ0n) is 10.4. The highest BCUT2D eigenvalue weighted by molar-refractivity contribution is 5.87. The van der Waals surface area contributed by atoms with E-state index in [-0.39, 0.29) is 0 Å². The second-order valence-electron chi connectivity index (χ2n) is 4.95. The Labute approximate surface area is 102 Å². The van der Waals surface area contributed by atoms with Crippen LogP contribution >= 0.6 is 0 Å². The third kappa shape index (κ3) is 2.67. The second-order valence-corrected chi connectivity index (χ2v) is 4.95. The van der Waals surface area contributed by atoms with E-state index in [1.165, 1.54) is 24.8 Å². The summed E-state index contributed by atoms with van der Waals surface area (Å²) < 4.78 is 0. The molecule has 1 aromatic carbocycles. The molecule has 17 heavy (non-hydrogen) atoms. The van der Waals surface area contributed by atoms with E-state index in [0.717, 1.165) is 12.1 Å². The minimum absolute atomic E-state index is 0.373. The highest BCUT2D eigenvalue weighted by Crippen LogP contribution is 2.25. The largest absolute Gasteiger partial charge is 0.478 e. The number of nitrogens with zero attached hydrogens (tertiary/aromatic N) is 1. The van der Waals surface area contributed by atoms with Gasteiger partial charge in [-0.25, -0.2) is 4.79 Å². The van der Waals surface area contributed by atoms with Gasteiger partial charge in [-0.05, 0) is 50.1 Å². The maximum Gasteiger partial charge on any atom is 0.335 e. The Morgan fingerprint density at radius 3 is 2.65 bits per heavy atom. The van der Waals surface area contributed by atoms with Crippen LogP contribution in [0.25, 0.3) is 0 Å². The fourth-order valence-corrected chi connectivity index (χ4v) is 2.23. The minimum atomic E-state index is -0.855. The SMILES string of the molecule is Cc1cc(C(=O)O)ccc1CN(C)C1CCC1. The summed E-state index contributed by atoms with van der Waals surface area (Å²) >= 11 is 0. The van der Waals surface area contributed by atoms with Crippen molar-refractivity contribution in [2.24, 2.45) is 0 Å². The van der Waals surface area contributed by atoms with Crippen LogP contribution in [0.5, 0.6) is 0 Å². The lowest BCUT2D eigenvalue weighted by molar-refractivity contribution is 0.0696. The zero-order chi connectivity index (χ0) is 12.4. The predicted octanol–water partition coefficient (Wildman–Crippen LogP) is 2.68. The molecular weight excluding hydrogens is 214 g/mol. The van der Waals surface area contributed by atoms with Gasteiger partial charge in [-0.3, -0.25) is 4.90 Å². The van der Waals surface area contributed by atoms with E-state index >= 15 is 0 Å². The molecule has 2 rings (SSSR count). The number of carbonyl (C=O) groups is 1. The van der Waals surface area contributed by atoms with Crippen molar-refractivity contribution in [3.05, 3.63) is 34.9 Å². The molecule has 1 saturated carbocycles. The summed E-state index contributed by atoms with van der Waals surface area (Å²) in [5.41, 5.74) is 2.66. The number of aromatic carboxylic acids is 1. The van der Waals surface area contributed by atoms with E-state index < -0.39 is 5.97 Å². The van der Waals surface area contributed by atoms with Gasteiger partial charge < -0.3 is 5.11 Å². The van der Waals surface area contributed by atoms with Crippen LogP contribution in [-0.2, 0) is 6.54 Å². The molecule has 1 aliphatic rings. The Kier molecular flexibility index (Phi) is 3.48. The normalized spacial score (nSPS) is 15.9. The van der Waals surface area contributed by atoms with Crippen molar-refractivity contribution >= 4 is 5.97 Å². The third-order valence-corrected chi connectivity index (χ3v) is 3.71. The molecule has 0 radical (unpaired) electrons. The fraction of sp³-hybridized carbons (Fsp3) is 0.500. The van der Waals surface area contributed by atoms with Gasteiger partial charge in [-0.15, -0.1) is 0 Å². The summed E-state index contributed by atoms with van der Waals surface area (Å²) in [5, 5.41) is 8.91. The Morgan fingerprint density at radius 1 is 1.47 bits per heavy atom. The number of carboxylic acids is 1. The van der Waals surface area contributed by atoms with Gasteiger partial charge in [0.2, 0.25) is 0 Å². The van der Waals surface area contributed by atoms with Crippen LogP contribution in [-0.4, -0.2) is 29.1 Å². The molecule has 0 atom stereocenters. The van der Waals surface area contributed by atoms with E-state index in [4.69, 9.17) is 5.11 Å². The smallest absolute Gasteiger partial charge is 0.335 e. The van der Waals surface area contributed by atoms with E-state index in [0.29, 0.717) is 11.6 Å². The molecule has 3 heteroatoms. The van der Waals surface area contributed by atoms with E-state index in [2.05, 4.69) is 11.9 Å². The average Bonchev–Trinajstić information content (AvgIpc) is 2.18. The minimum Gasteiger partial charge on any atom is -0.478 e. The van der Waals surface area contributed by atoms with Crippen LogP contribution in [0.3, 0.4) is 0 Å². The maximum atomic E-state index is 10.8. The molecule has 0 amide bonds. The molecule has 0 heterocycles. The molecule has 0 aromatic heterocycles. The lowest BCUT2D eigenvalue weighted by atomic mass is 9.91. The van der Waals surface area contributed by atoms with E-state index in [1.54, 1.807) is 12.1 Å². The van der Waals surface area contributed by atoms with Crippen molar-refractivity contribution in [1.29, 1.82) is 0 Å². The summed E-state index contributed by atoms with van der Waals surface area (Å²) in [6.45, 7) is 2.90. The van der Waals surface area contributed by atoms with Gasteiger partial charge >= 0.3 is 5.97 Å². The fourth-order valence-electron chi connectivity index (χ4n) is 2.23. The molecule has 0 bridgehead atoms. The molecule has 0 spiro atoms. The average molecular weight is 233 g/mol. The molecule has 1 N–H and O–H groups in total. The van der Waals surface area contributed by atoms with Gasteiger partial charge in [-0.2, -0.15) is 0 Å². The first-order valence-corrected chi connectivity index (χ1v) is 6.11. The van der Waals surface area contributed by atoms with Crippen molar-refractivity contribution in [3.8, 4) is 0 Å². The van der Waals surface area contributed by atoms with Gasteiger partial charge in [0.05, 0.1) is 5.56 Å². The molecule has 1 aliphatic carbocycles. The number of benzene rings is 1. The molecule has 3 nitrogen and oxygen atoms in total. The van der Waals surface area contributed by atoms with Crippen LogP contribution in [0.15, 0.2) is 18.2 Å². The first kappa shape index (κ1) is 12.1. The van der Waals surface area contributed by atoms with Gasteiger partial charge in [-0.1, -0.05) is 12.5 Å². The van der Waals surface area contributed by atoms with Crippen LogP contribution < -0.4 is 0 Å². The first-order chi connectivity index (χ1) is 8.08. The lowest BCUT2D eigenvalue weighted by Gasteiger charge is -2.35. The first-order valence-electron chi connectivity index (χ1n) is 6.11. The van der Waals surface area contributed by atoms with Crippen molar-refractivity contribution in [2.75, 3.05) is 7.05 Å². The Morgan fingerprint density at radius 2 is 2.18 bits per heavy atom. The number of hydrogen-bond donors (Lipinski definition) is 1. The summed E-state index contributed by atoms with van der Waals surface area (Å²) in [4.78, 5) is 13.2. The predicted molar refractivity (Wildman–Crippen MR) is 67.2 cm³/mol.